The number of anilines is 3. The number of carbonyl (C=O) groups excluding carboxylic acids is 5. The number of aliphatic imine (C=N–C) groups is 1. The van der Waals surface area contributed by atoms with Crippen LogP contribution in [-0.2, 0) is 33.3 Å². The van der Waals surface area contributed by atoms with Crippen molar-refractivity contribution in [2.45, 2.75) is 90.1 Å². The van der Waals surface area contributed by atoms with Crippen molar-refractivity contribution in [2.75, 3.05) is 55.0 Å². The molecule has 2 fully saturated rings. The zero-order valence-corrected chi connectivity index (χ0v) is 37.4. The molecule has 2 aromatic heterocycles. The van der Waals surface area contributed by atoms with Crippen LogP contribution in [0, 0.1) is 12.8 Å². The number of guanidine groups is 1. The van der Waals surface area contributed by atoms with Gasteiger partial charge in [-0.25, -0.2) is 4.68 Å². The molecule has 7 heterocycles. The summed E-state index contributed by atoms with van der Waals surface area (Å²) >= 11 is 0. The number of ether oxygens (including phenoxy) is 1. The van der Waals surface area contributed by atoms with Gasteiger partial charge in [-0.3, -0.25) is 39.2 Å². The van der Waals surface area contributed by atoms with Gasteiger partial charge in [-0.2, -0.15) is 10.1 Å². The van der Waals surface area contributed by atoms with Gasteiger partial charge in [-0.15, -0.1) is 0 Å². The number of benzene rings is 2. The Bertz CT molecular complexity index is 2590. The molecular formula is C48H56N10O6. The van der Waals surface area contributed by atoms with Crippen molar-refractivity contribution in [1.82, 2.24) is 29.9 Å². The SMILES string of the molecule is Cc1cc2cc(n1)-c1cnn(C)c1OCCC[C@@H](C)CN1/C(=N/C2=O)Nc2ccc(C(=O)N(C)C3CCN(CCc4cccc5c4C(C)(C)C(=O)N5[C@H]4CCC(=O)NC4=O)CC3)cc21. The van der Waals surface area contributed by atoms with E-state index in [2.05, 4.69) is 38.6 Å². The largest absolute Gasteiger partial charge is 0.477 e. The fourth-order valence-electron chi connectivity index (χ4n) is 10.1. The Labute approximate surface area is 373 Å². The molecule has 2 atom stereocenters. The number of likely N-dealkylation sites (tertiary alicyclic amines) is 1. The third kappa shape index (κ3) is 7.92. The summed E-state index contributed by atoms with van der Waals surface area (Å²) in [5.41, 5.74) is 6.50. The number of hydrogen-bond acceptors (Lipinski definition) is 11. The molecule has 2 N–H and O–H groups in total. The number of nitrogens with zero attached hydrogens (tertiary/aromatic N) is 8. The summed E-state index contributed by atoms with van der Waals surface area (Å²) in [5.74, 6) is -0.104. The lowest BCUT2D eigenvalue weighted by Gasteiger charge is -2.37. The first-order chi connectivity index (χ1) is 30.7. The summed E-state index contributed by atoms with van der Waals surface area (Å²) in [7, 11) is 3.71. The van der Waals surface area contributed by atoms with Crippen LogP contribution in [0.4, 0.5) is 17.1 Å². The van der Waals surface area contributed by atoms with E-state index in [0.717, 1.165) is 79.9 Å². The highest BCUT2D eigenvalue weighted by molar-refractivity contribution is 6.20. The molecule has 0 saturated carbocycles. The molecule has 2 bridgehead atoms. The minimum absolute atomic E-state index is 0.0566. The Morgan fingerprint density at radius 2 is 1.78 bits per heavy atom. The van der Waals surface area contributed by atoms with Crippen LogP contribution in [0.25, 0.3) is 11.3 Å². The second-order valence-electron chi connectivity index (χ2n) is 18.5. The zero-order chi connectivity index (χ0) is 45.0. The summed E-state index contributed by atoms with van der Waals surface area (Å²) in [6.45, 7) is 11.4. The topological polar surface area (TPSA) is 175 Å². The highest BCUT2D eigenvalue weighted by Gasteiger charge is 2.50. The van der Waals surface area contributed by atoms with E-state index in [0.29, 0.717) is 59.5 Å². The molecule has 4 aromatic rings. The monoisotopic (exact) mass is 868 g/mol. The van der Waals surface area contributed by atoms with Gasteiger partial charge in [0, 0.05) is 75.2 Å². The van der Waals surface area contributed by atoms with Crippen molar-refractivity contribution in [1.29, 1.82) is 0 Å². The molecule has 5 amide bonds. The second-order valence-corrected chi connectivity index (χ2v) is 18.5. The van der Waals surface area contributed by atoms with E-state index < -0.39 is 23.3 Å². The lowest BCUT2D eigenvalue weighted by Crippen LogP contribution is -2.55. The van der Waals surface area contributed by atoms with E-state index in [1.807, 2.05) is 75.0 Å². The quantitative estimate of drug-likeness (QED) is 0.243. The number of carbonyl (C=O) groups is 5. The number of nitrogens with one attached hydrogen (secondary N) is 2. The Kier molecular flexibility index (Phi) is 11.3. The van der Waals surface area contributed by atoms with Gasteiger partial charge < -0.3 is 24.8 Å². The first kappa shape index (κ1) is 42.9. The van der Waals surface area contributed by atoms with Gasteiger partial charge in [0.25, 0.3) is 11.8 Å². The molecule has 334 valence electrons. The number of hydrogen-bond donors (Lipinski definition) is 2. The van der Waals surface area contributed by atoms with Crippen LogP contribution in [0.2, 0.25) is 0 Å². The van der Waals surface area contributed by atoms with Crippen molar-refractivity contribution in [3.05, 3.63) is 82.7 Å². The van der Waals surface area contributed by atoms with Crippen molar-refractivity contribution in [3.63, 3.8) is 0 Å². The van der Waals surface area contributed by atoms with Crippen LogP contribution in [0.15, 0.2) is 59.7 Å². The standard InChI is InChI=1S/C48H56N10O6/c1-28-9-8-22-64-45-34(26-49-55(45)6)36-24-32(23-29(2)50-36)42(60)53-47-51-35-13-12-31(25-39(35)57(47)27-28)44(62)54(5)33-17-20-56(21-18-33)19-16-30-10-7-11-37-41(30)48(3,4)46(63)58(37)38-14-15-40(59)52-43(38)61/h7,10-13,23-26,28,33,38H,8-9,14-22,27H2,1-6H3,(H,51,53,60)(H,52,59,61)/t28-,38+/m1/s1. The normalized spacial score (nSPS) is 22.2. The number of rotatable bonds is 6. The number of aryl methyl sites for hydroxylation is 2. The van der Waals surface area contributed by atoms with Gasteiger partial charge in [0.05, 0.1) is 40.9 Å². The fraction of sp³-hybridized carbons (Fsp3) is 0.458. The van der Waals surface area contributed by atoms with Gasteiger partial charge in [0.2, 0.25) is 29.6 Å². The number of amides is 5. The summed E-state index contributed by atoms with van der Waals surface area (Å²) in [4.78, 5) is 83.9. The van der Waals surface area contributed by atoms with Gasteiger partial charge in [0.1, 0.15) is 6.04 Å². The maximum atomic E-state index is 14.2. The van der Waals surface area contributed by atoms with Crippen molar-refractivity contribution < 1.29 is 28.7 Å². The third-order valence-corrected chi connectivity index (χ3v) is 13.6. The number of imide groups is 1. The van der Waals surface area contributed by atoms with Gasteiger partial charge >= 0.3 is 0 Å². The molecule has 0 aliphatic carbocycles. The van der Waals surface area contributed by atoms with Crippen LogP contribution in [0.3, 0.4) is 0 Å². The van der Waals surface area contributed by atoms with E-state index in [1.165, 1.54) is 0 Å². The molecule has 16 heteroatoms. The molecule has 2 saturated heterocycles. The minimum atomic E-state index is -0.810. The summed E-state index contributed by atoms with van der Waals surface area (Å²) in [5, 5.41) is 10.2. The summed E-state index contributed by atoms with van der Waals surface area (Å²) in [6.07, 6.45) is 6.26. The average Bonchev–Trinajstić information content (AvgIpc) is 3.88. The number of piperidine rings is 2. The predicted molar refractivity (Wildman–Crippen MR) is 243 cm³/mol. The van der Waals surface area contributed by atoms with Gasteiger partial charge in [0.15, 0.2) is 0 Å². The average molecular weight is 869 g/mol. The van der Waals surface area contributed by atoms with Crippen LogP contribution >= 0.6 is 0 Å². The van der Waals surface area contributed by atoms with Crippen molar-refractivity contribution in [2.24, 2.45) is 18.0 Å². The van der Waals surface area contributed by atoms with Crippen molar-refractivity contribution in [3.8, 4) is 17.1 Å². The molecule has 9 rings (SSSR count). The molecule has 0 unspecified atom stereocenters. The maximum absolute atomic E-state index is 14.2. The molecule has 2 aromatic carbocycles. The lowest BCUT2D eigenvalue weighted by molar-refractivity contribution is -0.136. The van der Waals surface area contributed by atoms with E-state index >= 15 is 0 Å². The molecular weight excluding hydrogens is 813 g/mol. The highest BCUT2D eigenvalue weighted by Crippen LogP contribution is 2.46. The third-order valence-electron chi connectivity index (χ3n) is 13.6. The molecule has 0 spiro atoms. The number of fused-ring (bicyclic) bond motifs is 8. The summed E-state index contributed by atoms with van der Waals surface area (Å²) < 4.78 is 7.92. The second kappa shape index (κ2) is 16.9. The lowest BCUT2D eigenvalue weighted by atomic mass is 9.82. The van der Waals surface area contributed by atoms with E-state index in [-0.39, 0.29) is 36.1 Å². The molecule has 5 aliphatic rings. The zero-order valence-electron chi connectivity index (χ0n) is 37.4. The van der Waals surface area contributed by atoms with E-state index in [4.69, 9.17) is 9.72 Å². The van der Waals surface area contributed by atoms with Crippen LogP contribution in [0.1, 0.15) is 96.8 Å². The summed E-state index contributed by atoms with van der Waals surface area (Å²) in [6, 6.07) is 14.4. The minimum Gasteiger partial charge on any atom is -0.477 e. The molecule has 0 radical (unpaired) electrons. The first-order valence-electron chi connectivity index (χ1n) is 22.4. The fourth-order valence-corrected chi connectivity index (χ4v) is 10.1. The Morgan fingerprint density at radius 1 is 0.984 bits per heavy atom. The van der Waals surface area contributed by atoms with E-state index in [1.54, 1.807) is 27.9 Å². The number of aromatic nitrogens is 3. The first-order valence-corrected chi connectivity index (χ1v) is 22.4. The van der Waals surface area contributed by atoms with Gasteiger partial charge in [-0.05, 0) is 113 Å². The molecule has 64 heavy (non-hydrogen) atoms. The van der Waals surface area contributed by atoms with E-state index in [9.17, 15) is 24.0 Å². The predicted octanol–water partition coefficient (Wildman–Crippen LogP) is 5.24. The van der Waals surface area contributed by atoms with Gasteiger partial charge in [-0.1, -0.05) is 19.1 Å². The van der Waals surface area contributed by atoms with Crippen LogP contribution in [0.5, 0.6) is 5.88 Å². The number of pyridine rings is 1. The highest BCUT2D eigenvalue weighted by atomic mass is 16.5. The Hall–Kier alpha value is -6.42. The van der Waals surface area contributed by atoms with Crippen LogP contribution < -0.4 is 25.2 Å². The Balaban J connectivity index is 0.871. The smallest absolute Gasteiger partial charge is 0.280 e. The van der Waals surface area contributed by atoms with Crippen LogP contribution in [-0.4, -0.2) is 112 Å². The van der Waals surface area contributed by atoms with Crippen molar-refractivity contribution >= 4 is 52.6 Å². The Morgan fingerprint density at radius 3 is 2.56 bits per heavy atom. The molecule has 16 nitrogen and oxygen atoms in total. The molecule has 5 aliphatic heterocycles. The maximum Gasteiger partial charge on any atom is 0.280 e.